The van der Waals surface area contributed by atoms with Gasteiger partial charge in [-0.3, -0.25) is 0 Å². The Balaban J connectivity index is 3.00. The maximum Gasteiger partial charge on any atom is 0.0741 e. The van der Waals surface area contributed by atoms with Gasteiger partial charge in [0, 0.05) is 5.69 Å². The van der Waals surface area contributed by atoms with E-state index in [1.807, 2.05) is 0 Å². The van der Waals surface area contributed by atoms with Gasteiger partial charge < -0.3 is 5.73 Å². The average molecular weight is 150 g/mol. The molecule has 0 fully saturated rings. The van der Waals surface area contributed by atoms with Gasteiger partial charge in [0.15, 0.2) is 0 Å². The zero-order chi connectivity index (χ0) is 7.40. The molecule has 3 heteroatoms. The molecule has 0 heterocycles. The van der Waals surface area contributed by atoms with Gasteiger partial charge in [-0.25, -0.2) is 0 Å². The fraction of sp³-hybridized carbons (Fsp3) is 0. The largest absolute Gasteiger partial charge is 0.399 e. The maximum atomic E-state index is 5.43. The summed E-state index contributed by atoms with van der Waals surface area (Å²) in [7, 11) is 0. The number of anilines is 1. The Hall–Kier alpha value is -1.18. The SMILES string of the molecule is Nc1ccc(N=C=S)cc1. The van der Waals surface area contributed by atoms with Gasteiger partial charge in [-0.05, 0) is 36.5 Å². The van der Waals surface area contributed by atoms with Crippen LogP contribution in [0.2, 0.25) is 0 Å². The van der Waals surface area contributed by atoms with Crippen LogP contribution < -0.4 is 5.73 Å². The van der Waals surface area contributed by atoms with Crippen molar-refractivity contribution in [2.24, 2.45) is 4.99 Å². The first-order valence-corrected chi connectivity index (χ1v) is 3.17. The Bertz CT molecular complexity index is 259. The highest BCUT2D eigenvalue weighted by atomic mass is 32.1. The number of nitrogens with two attached hydrogens (primary N) is 1. The van der Waals surface area contributed by atoms with E-state index in [1.54, 1.807) is 24.3 Å². The van der Waals surface area contributed by atoms with Crippen molar-refractivity contribution >= 4 is 28.8 Å². The second-order valence-electron chi connectivity index (χ2n) is 1.79. The smallest absolute Gasteiger partial charge is 0.0741 e. The van der Waals surface area contributed by atoms with Crippen molar-refractivity contribution in [3.05, 3.63) is 24.3 Å². The van der Waals surface area contributed by atoms with Gasteiger partial charge in [-0.1, -0.05) is 0 Å². The normalized spacial score (nSPS) is 8.40. The van der Waals surface area contributed by atoms with Crippen molar-refractivity contribution < 1.29 is 0 Å². The Labute approximate surface area is 64.4 Å². The number of rotatable bonds is 1. The first kappa shape index (κ1) is 6.93. The Kier molecular flexibility index (Phi) is 2.15. The summed E-state index contributed by atoms with van der Waals surface area (Å²) >= 11 is 4.42. The Morgan fingerprint density at radius 3 is 2.40 bits per heavy atom. The molecule has 0 bridgehead atoms. The first-order chi connectivity index (χ1) is 4.83. The van der Waals surface area contributed by atoms with Crippen LogP contribution in [0.4, 0.5) is 11.4 Å². The molecular weight excluding hydrogens is 144 g/mol. The molecule has 0 aliphatic carbocycles. The predicted octanol–water partition coefficient (Wildman–Crippen LogP) is 2.00. The van der Waals surface area contributed by atoms with E-state index in [2.05, 4.69) is 22.4 Å². The van der Waals surface area contributed by atoms with Crippen LogP contribution in [-0.4, -0.2) is 5.16 Å². The molecule has 0 aromatic heterocycles. The van der Waals surface area contributed by atoms with E-state index < -0.39 is 0 Å². The number of hydrogen-bond donors (Lipinski definition) is 1. The van der Waals surface area contributed by atoms with Crippen LogP contribution in [0, 0.1) is 0 Å². The van der Waals surface area contributed by atoms with Crippen LogP contribution in [0.5, 0.6) is 0 Å². The Morgan fingerprint density at radius 2 is 1.90 bits per heavy atom. The standard InChI is InChI=1S/C7H6N2S/c8-6-1-3-7(4-2-6)9-5-10/h1-4H,8H2. The predicted molar refractivity (Wildman–Crippen MR) is 45.5 cm³/mol. The highest BCUT2D eigenvalue weighted by molar-refractivity contribution is 7.78. The van der Waals surface area contributed by atoms with Crippen molar-refractivity contribution in [3.8, 4) is 0 Å². The first-order valence-electron chi connectivity index (χ1n) is 2.76. The molecule has 50 valence electrons. The molecule has 0 unspecified atom stereocenters. The quantitative estimate of drug-likeness (QED) is 0.378. The molecule has 2 N–H and O–H groups in total. The monoisotopic (exact) mass is 150 g/mol. The van der Waals surface area contributed by atoms with E-state index in [0.717, 1.165) is 11.4 Å². The Morgan fingerprint density at radius 1 is 1.30 bits per heavy atom. The second-order valence-corrected chi connectivity index (χ2v) is 1.98. The lowest BCUT2D eigenvalue weighted by atomic mass is 10.3. The molecule has 0 radical (unpaired) electrons. The van der Waals surface area contributed by atoms with E-state index in [-0.39, 0.29) is 0 Å². The third kappa shape index (κ3) is 1.65. The van der Waals surface area contributed by atoms with Crippen LogP contribution in [0.15, 0.2) is 29.3 Å². The summed E-state index contributed by atoms with van der Waals surface area (Å²) < 4.78 is 0. The van der Waals surface area contributed by atoms with Crippen LogP contribution in [0.3, 0.4) is 0 Å². The molecule has 0 saturated carbocycles. The van der Waals surface area contributed by atoms with Gasteiger partial charge in [-0.15, -0.1) is 0 Å². The topological polar surface area (TPSA) is 38.4 Å². The number of hydrogen-bond acceptors (Lipinski definition) is 3. The van der Waals surface area contributed by atoms with E-state index >= 15 is 0 Å². The molecule has 1 rings (SSSR count). The fourth-order valence-corrected chi connectivity index (χ4v) is 0.707. The van der Waals surface area contributed by atoms with Crippen LogP contribution in [-0.2, 0) is 0 Å². The zero-order valence-electron chi connectivity index (χ0n) is 5.24. The van der Waals surface area contributed by atoms with Crippen molar-refractivity contribution in [2.45, 2.75) is 0 Å². The van der Waals surface area contributed by atoms with Crippen LogP contribution in [0.25, 0.3) is 0 Å². The van der Waals surface area contributed by atoms with Crippen LogP contribution in [0.1, 0.15) is 0 Å². The molecule has 0 atom stereocenters. The maximum absolute atomic E-state index is 5.43. The third-order valence-corrected chi connectivity index (χ3v) is 1.16. The van der Waals surface area contributed by atoms with Gasteiger partial charge in [0.1, 0.15) is 0 Å². The highest BCUT2D eigenvalue weighted by Crippen LogP contribution is 2.12. The molecule has 1 aromatic carbocycles. The number of benzene rings is 1. The van der Waals surface area contributed by atoms with Crippen LogP contribution >= 0.6 is 12.2 Å². The molecular formula is C7H6N2S. The molecule has 1 aromatic rings. The lowest BCUT2D eigenvalue weighted by Gasteiger charge is -1.90. The molecule has 0 saturated heterocycles. The minimum Gasteiger partial charge on any atom is -0.399 e. The minimum atomic E-state index is 0.725. The van der Waals surface area contributed by atoms with E-state index in [1.165, 1.54) is 0 Å². The highest BCUT2D eigenvalue weighted by Gasteiger charge is 1.85. The van der Waals surface area contributed by atoms with Crippen molar-refractivity contribution in [3.63, 3.8) is 0 Å². The number of nitrogens with zero attached hydrogens (tertiary/aromatic N) is 1. The summed E-state index contributed by atoms with van der Waals surface area (Å²) in [6, 6.07) is 7.11. The average Bonchev–Trinajstić information content (AvgIpc) is 1.95. The van der Waals surface area contributed by atoms with Gasteiger partial charge in [0.2, 0.25) is 0 Å². The number of aliphatic imine (C=N–C) groups is 1. The lowest BCUT2D eigenvalue weighted by Crippen LogP contribution is -1.80. The van der Waals surface area contributed by atoms with E-state index in [9.17, 15) is 0 Å². The van der Waals surface area contributed by atoms with Gasteiger partial charge in [0.25, 0.3) is 0 Å². The van der Waals surface area contributed by atoms with Crippen molar-refractivity contribution in [2.75, 3.05) is 5.73 Å². The van der Waals surface area contributed by atoms with E-state index in [4.69, 9.17) is 5.73 Å². The molecule has 2 nitrogen and oxygen atoms in total. The summed E-state index contributed by atoms with van der Waals surface area (Å²) in [6.07, 6.45) is 0. The fourth-order valence-electron chi connectivity index (χ4n) is 0.602. The summed E-state index contributed by atoms with van der Waals surface area (Å²) in [5.41, 5.74) is 6.94. The van der Waals surface area contributed by atoms with Crippen molar-refractivity contribution in [1.29, 1.82) is 0 Å². The van der Waals surface area contributed by atoms with Gasteiger partial charge in [-0.2, -0.15) is 4.99 Å². The molecule has 0 aliphatic rings. The molecule has 0 amide bonds. The van der Waals surface area contributed by atoms with E-state index in [0.29, 0.717) is 0 Å². The third-order valence-electron chi connectivity index (χ3n) is 1.07. The molecule has 10 heavy (non-hydrogen) atoms. The number of thiocarbonyl (C=S) groups is 1. The number of nitrogen functional groups attached to an aromatic ring is 1. The summed E-state index contributed by atoms with van der Waals surface area (Å²) in [4.78, 5) is 3.76. The van der Waals surface area contributed by atoms with Gasteiger partial charge in [0.05, 0.1) is 10.8 Å². The summed E-state index contributed by atoms with van der Waals surface area (Å²) in [5, 5.41) is 2.27. The minimum absolute atomic E-state index is 0.725. The second kappa shape index (κ2) is 3.11. The van der Waals surface area contributed by atoms with Crippen molar-refractivity contribution in [1.82, 2.24) is 0 Å². The zero-order valence-corrected chi connectivity index (χ0v) is 6.06. The van der Waals surface area contributed by atoms with Gasteiger partial charge >= 0.3 is 0 Å². The summed E-state index contributed by atoms with van der Waals surface area (Å²) in [5.74, 6) is 0. The molecule has 0 aliphatic heterocycles. The molecule has 0 spiro atoms. The lowest BCUT2D eigenvalue weighted by molar-refractivity contribution is 1.55. The number of isothiocyanates is 1. The summed E-state index contributed by atoms with van der Waals surface area (Å²) in [6.45, 7) is 0.